The van der Waals surface area contributed by atoms with Gasteiger partial charge in [0.15, 0.2) is 11.5 Å². The van der Waals surface area contributed by atoms with E-state index in [1.165, 1.54) is 0 Å². The lowest BCUT2D eigenvalue weighted by Gasteiger charge is -2.32. The molecular formula is C30H32Cl2N2O4. The number of ether oxygens (including phenoxy) is 2. The number of hydrogen-bond acceptors (Lipinski definition) is 4. The number of carbonyl (C=O) groups is 2. The Hall–Kier alpha value is -3.22. The molecule has 4 rings (SSSR count). The SMILES string of the molecule is CC[C@H](C)NC(=O)[C@@H](Cc1ccccc1)N(Cc1ccc(Cl)c(Cl)c1)C(=O)CCc1ccc2c(c1)OCO2. The van der Waals surface area contributed by atoms with Gasteiger partial charge in [0.2, 0.25) is 18.6 Å². The number of fused-ring (bicyclic) bond motifs is 1. The molecule has 200 valence electrons. The second-order valence-electron chi connectivity index (χ2n) is 9.48. The highest BCUT2D eigenvalue weighted by Gasteiger charge is 2.31. The number of nitrogens with zero attached hydrogens (tertiary/aromatic N) is 1. The molecule has 1 aliphatic rings. The average molecular weight is 556 g/mol. The highest BCUT2D eigenvalue weighted by Crippen LogP contribution is 2.33. The number of nitrogens with one attached hydrogen (secondary N) is 1. The molecule has 1 N–H and O–H groups in total. The Morgan fingerprint density at radius 3 is 2.39 bits per heavy atom. The van der Waals surface area contributed by atoms with E-state index in [9.17, 15) is 9.59 Å². The van der Waals surface area contributed by atoms with Gasteiger partial charge in [-0.05, 0) is 60.7 Å². The summed E-state index contributed by atoms with van der Waals surface area (Å²) in [5, 5.41) is 3.92. The number of amides is 2. The van der Waals surface area contributed by atoms with E-state index in [2.05, 4.69) is 5.32 Å². The van der Waals surface area contributed by atoms with Gasteiger partial charge in [-0.25, -0.2) is 0 Å². The lowest BCUT2D eigenvalue weighted by atomic mass is 10.0. The first kappa shape index (κ1) is 27.8. The van der Waals surface area contributed by atoms with E-state index in [0.29, 0.717) is 34.4 Å². The highest BCUT2D eigenvalue weighted by atomic mass is 35.5. The van der Waals surface area contributed by atoms with Gasteiger partial charge in [-0.3, -0.25) is 9.59 Å². The summed E-state index contributed by atoms with van der Waals surface area (Å²) in [6.07, 6.45) is 1.90. The van der Waals surface area contributed by atoms with Crippen molar-refractivity contribution in [2.75, 3.05) is 6.79 Å². The van der Waals surface area contributed by atoms with Crippen molar-refractivity contribution >= 4 is 35.0 Å². The number of benzene rings is 3. The van der Waals surface area contributed by atoms with Gasteiger partial charge in [-0.2, -0.15) is 0 Å². The van der Waals surface area contributed by atoms with Crippen LogP contribution in [0.4, 0.5) is 0 Å². The maximum Gasteiger partial charge on any atom is 0.243 e. The average Bonchev–Trinajstić information content (AvgIpc) is 3.39. The summed E-state index contributed by atoms with van der Waals surface area (Å²) in [6, 6.07) is 20.0. The number of hydrogen-bond donors (Lipinski definition) is 1. The molecule has 0 saturated heterocycles. The minimum absolute atomic E-state index is 0.0173. The molecule has 0 bridgehead atoms. The molecule has 2 amide bonds. The second kappa shape index (κ2) is 13.0. The third kappa shape index (κ3) is 7.21. The van der Waals surface area contributed by atoms with Crippen molar-refractivity contribution in [2.45, 2.75) is 58.2 Å². The van der Waals surface area contributed by atoms with Crippen molar-refractivity contribution in [3.8, 4) is 11.5 Å². The van der Waals surface area contributed by atoms with Crippen LogP contribution in [-0.2, 0) is 29.0 Å². The van der Waals surface area contributed by atoms with Gasteiger partial charge in [0.1, 0.15) is 6.04 Å². The molecule has 0 unspecified atom stereocenters. The minimum Gasteiger partial charge on any atom is -0.454 e. The monoisotopic (exact) mass is 554 g/mol. The standard InChI is InChI=1S/C30H32Cl2N2O4/c1-3-20(2)33-30(36)26(16-21-7-5-4-6-8-21)34(18-23-9-12-24(31)25(32)15-23)29(35)14-11-22-10-13-27-28(17-22)38-19-37-27/h4-10,12-13,15,17,20,26H,3,11,14,16,18-19H2,1-2H3,(H,33,36)/t20-,26+/m0/s1. The van der Waals surface area contributed by atoms with Gasteiger partial charge in [0.05, 0.1) is 10.0 Å². The van der Waals surface area contributed by atoms with E-state index in [1.807, 2.05) is 68.4 Å². The largest absolute Gasteiger partial charge is 0.454 e. The zero-order valence-corrected chi connectivity index (χ0v) is 23.1. The van der Waals surface area contributed by atoms with Gasteiger partial charge in [-0.15, -0.1) is 0 Å². The first-order valence-electron chi connectivity index (χ1n) is 12.8. The molecule has 1 heterocycles. The first-order chi connectivity index (χ1) is 18.3. The third-order valence-electron chi connectivity index (χ3n) is 6.67. The summed E-state index contributed by atoms with van der Waals surface area (Å²) in [5.74, 6) is 1.07. The van der Waals surface area contributed by atoms with Crippen LogP contribution in [0.3, 0.4) is 0 Å². The van der Waals surface area contributed by atoms with Gasteiger partial charge < -0.3 is 19.7 Å². The summed E-state index contributed by atoms with van der Waals surface area (Å²) in [7, 11) is 0. The lowest BCUT2D eigenvalue weighted by Crippen LogP contribution is -2.52. The maximum absolute atomic E-state index is 13.8. The Morgan fingerprint density at radius 1 is 0.921 bits per heavy atom. The quantitative estimate of drug-likeness (QED) is 0.306. The van der Waals surface area contributed by atoms with Crippen LogP contribution in [0.25, 0.3) is 0 Å². The van der Waals surface area contributed by atoms with E-state index in [-0.39, 0.29) is 37.6 Å². The van der Waals surface area contributed by atoms with Crippen LogP contribution in [0.2, 0.25) is 10.0 Å². The zero-order chi connectivity index (χ0) is 27.1. The molecular weight excluding hydrogens is 523 g/mol. The summed E-state index contributed by atoms with van der Waals surface area (Å²) in [4.78, 5) is 29.1. The molecule has 1 aliphatic heterocycles. The van der Waals surface area contributed by atoms with Crippen LogP contribution in [0.15, 0.2) is 66.7 Å². The molecule has 0 aliphatic carbocycles. The van der Waals surface area contributed by atoms with Crippen molar-refractivity contribution in [3.05, 3.63) is 93.5 Å². The van der Waals surface area contributed by atoms with Crippen LogP contribution in [0.5, 0.6) is 11.5 Å². The van der Waals surface area contributed by atoms with E-state index in [0.717, 1.165) is 23.1 Å². The Bertz CT molecular complexity index is 1270. The zero-order valence-electron chi connectivity index (χ0n) is 21.6. The van der Waals surface area contributed by atoms with Crippen molar-refractivity contribution in [2.24, 2.45) is 0 Å². The van der Waals surface area contributed by atoms with Crippen LogP contribution >= 0.6 is 23.2 Å². The summed E-state index contributed by atoms with van der Waals surface area (Å²) >= 11 is 12.4. The predicted octanol–water partition coefficient (Wildman–Crippen LogP) is 6.21. The minimum atomic E-state index is -0.704. The lowest BCUT2D eigenvalue weighted by molar-refractivity contribution is -0.141. The Balaban J connectivity index is 1.62. The summed E-state index contributed by atoms with van der Waals surface area (Å²) < 4.78 is 10.9. The Labute approximate surface area is 233 Å². The Kier molecular flexibility index (Phi) is 9.53. The van der Waals surface area contributed by atoms with Crippen LogP contribution in [-0.4, -0.2) is 35.6 Å². The van der Waals surface area contributed by atoms with E-state index in [4.69, 9.17) is 32.7 Å². The molecule has 0 fully saturated rings. The fourth-order valence-electron chi connectivity index (χ4n) is 4.32. The molecule has 3 aromatic carbocycles. The van der Waals surface area contributed by atoms with Crippen molar-refractivity contribution < 1.29 is 19.1 Å². The second-order valence-corrected chi connectivity index (χ2v) is 10.3. The van der Waals surface area contributed by atoms with Crippen LogP contribution < -0.4 is 14.8 Å². The molecule has 38 heavy (non-hydrogen) atoms. The van der Waals surface area contributed by atoms with Crippen molar-refractivity contribution in [1.82, 2.24) is 10.2 Å². The number of halogens is 2. The summed E-state index contributed by atoms with van der Waals surface area (Å²) in [6.45, 7) is 4.40. The van der Waals surface area contributed by atoms with Crippen LogP contribution in [0.1, 0.15) is 43.4 Å². The van der Waals surface area contributed by atoms with Gasteiger partial charge in [0, 0.05) is 25.4 Å². The van der Waals surface area contributed by atoms with Gasteiger partial charge in [-0.1, -0.05) is 72.6 Å². The van der Waals surface area contributed by atoms with Crippen molar-refractivity contribution in [3.63, 3.8) is 0 Å². The van der Waals surface area contributed by atoms with Crippen LogP contribution in [0, 0.1) is 0 Å². The van der Waals surface area contributed by atoms with Gasteiger partial charge >= 0.3 is 0 Å². The molecule has 0 spiro atoms. The fourth-order valence-corrected chi connectivity index (χ4v) is 4.64. The Morgan fingerprint density at radius 2 is 1.66 bits per heavy atom. The molecule has 0 saturated carbocycles. The normalized spacial score (nSPS) is 13.6. The maximum atomic E-state index is 13.8. The molecule has 6 nitrogen and oxygen atoms in total. The topological polar surface area (TPSA) is 67.9 Å². The molecule has 3 aromatic rings. The smallest absolute Gasteiger partial charge is 0.243 e. The third-order valence-corrected chi connectivity index (χ3v) is 7.41. The molecule has 0 radical (unpaired) electrons. The summed E-state index contributed by atoms with van der Waals surface area (Å²) in [5.41, 5.74) is 2.73. The van der Waals surface area contributed by atoms with E-state index < -0.39 is 6.04 Å². The predicted molar refractivity (Wildman–Crippen MR) is 150 cm³/mol. The molecule has 2 atom stereocenters. The van der Waals surface area contributed by atoms with Gasteiger partial charge in [0.25, 0.3) is 0 Å². The number of aryl methyl sites for hydroxylation is 1. The number of carbonyl (C=O) groups excluding carboxylic acids is 2. The van der Waals surface area contributed by atoms with E-state index >= 15 is 0 Å². The highest BCUT2D eigenvalue weighted by molar-refractivity contribution is 6.42. The van der Waals surface area contributed by atoms with E-state index in [1.54, 1.807) is 17.0 Å². The number of rotatable bonds is 11. The van der Waals surface area contributed by atoms with Crippen molar-refractivity contribution in [1.29, 1.82) is 0 Å². The molecule has 8 heteroatoms. The fraction of sp³-hybridized carbons (Fsp3) is 0.333. The molecule has 0 aromatic heterocycles. The first-order valence-corrected chi connectivity index (χ1v) is 13.6.